The predicted molar refractivity (Wildman–Crippen MR) is 90.6 cm³/mol. The lowest BCUT2D eigenvalue weighted by atomic mass is 10.1. The quantitative estimate of drug-likeness (QED) is 0.729. The van der Waals surface area contributed by atoms with Gasteiger partial charge in [0.25, 0.3) is 5.91 Å². The van der Waals surface area contributed by atoms with E-state index < -0.39 is 0 Å². The van der Waals surface area contributed by atoms with E-state index in [4.69, 9.17) is 14.3 Å². The average molecular weight is 323 g/mol. The van der Waals surface area contributed by atoms with E-state index in [9.17, 15) is 4.79 Å². The van der Waals surface area contributed by atoms with Crippen molar-refractivity contribution >= 4 is 11.6 Å². The van der Waals surface area contributed by atoms with Crippen LogP contribution >= 0.6 is 0 Å². The van der Waals surface area contributed by atoms with Gasteiger partial charge in [-0.3, -0.25) is 4.79 Å². The van der Waals surface area contributed by atoms with Gasteiger partial charge in [0.05, 0.1) is 0 Å². The molecule has 1 amide bonds. The Hall–Kier alpha value is -3.05. The summed E-state index contributed by atoms with van der Waals surface area (Å²) in [7, 11) is 0. The summed E-state index contributed by atoms with van der Waals surface area (Å²) in [5.41, 5.74) is 1.47. The number of hydrogen-bond donors (Lipinski definition) is 2. The standard InChI is InChI=1S/C19H17NO4/c21-12-17-9-10-18(24-17)14-5-4-6-15(11-14)20-19(22)13-23-16-7-2-1-3-8-16/h1-11,21H,12-13H2,(H,20,22). The van der Waals surface area contributed by atoms with Crippen molar-refractivity contribution in [3.05, 3.63) is 72.5 Å². The lowest BCUT2D eigenvalue weighted by Crippen LogP contribution is -2.20. The van der Waals surface area contributed by atoms with Gasteiger partial charge in [0, 0.05) is 11.3 Å². The number of ether oxygens (including phenoxy) is 1. The number of anilines is 1. The molecular weight excluding hydrogens is 306 g/mol. The van der Waals surface area contributed by atoms with E-state index in [1.807, 2.05) is 30.3 Å². The molecule has 24 heavy (non-hydrogen) atoms. The molecule has 0 radical (unpaired) electrons. The molecule has 2 aromatic carbocycles. The van der Waals surface area contributed by atoms with Gasteiger partial charge in [-0.1, -0.05) is 30.3 Å². The zero-order valence-corrected chi connectivity index (χ0v) is 12.9. The number of rotatable bonds is 6. The molecule has 0 aliphatic carbocycles. The summed E-state index contributed by atoms with van der Waals surface area (Å²) in [5.74, 6) is 1.53. The molecule has 1 heterocycles. The minimum atomic E-state index is -0.244. The smallest absolute Gasteiger partial charge is 0.262 e. The van der Waals surface area contributed by atoms with Crippen molar-refractivity contribution < 1.29 is 19.1 Å². The second kappa shape index (κ2) is 7.48. The fourth-order valence-electron chi connectivity index (χ4n) is 2.23. The largest absolute Gasteiger partial charge is 0.484 e. The summed E-state index contributed by atoms with van der Waals surface area (Å²) >= 11 is 0. The number of aliphatic hydroxyl groups excluding tert-OH is 1. The first-order valence-electron chi connectivity index (χ1n) is 7.52. The molecule has 0 spiro atoms. The van der Waals surface area contributed by atoms with Crippen molar-refractivity contribution in [3.63, 3.8) is 0 Å². The summed E-state index contributed by atoms with van der Waals surface area (Å²) in [6.45, 7) is -0.211. The maximum atomic E-state index is 12.0. The molecule has 0 atom stereocenters. The van der Waals surface area contributed by atoms with Crippen molar-refractivity contribution in [2.24, 2.45) is 0 Å². The molecule has 2 N–H and O–H groups in total. The third-order valence-corrected chi connectivity index (χ3v) is 3.36. The number of carbonyl (C=O) groups excluding carboxylic acids is 1. The molecule has 3 rings (SSSR count). The van der Waals surface area contributed by atoms with Crippen LogP contribution in [0.5, 0.6) is 5.75 Å². The Labute approximate surface area is 139 Å². The lowest BCUT2D eigenvalue weighted by molar-refractivity contribution is -0.118. The minimum absolute atomic E-state index is 0.0658. The predicted octanol–water partition coefficient (Wildman–Crippen LogP) is 3.46. The fourth-order valence-corrected chi connectivity index (χ4v) is 2.23. The van der Waals surface area contributed by atoms with Crippen LogP contribution < -0.4 is 10.1 Å². The Kier molecular flexibility index (Phi) is 4.93. The number of amides is 1. The monoisotopic (exact) mass is 323 g/mol. The molecule has 3 aromatic rings. The Morgan fingerprint density at radius 1 is 1.04 bits per heavy atom. The van der Waals surface area contributed by atoms with Gasteiger partial charge in [-0.15, -0.1) is 0 Å². The van der Waals surface area contributed by atoms with E-state index >= 15 is 0 Å². The van der Waals surface area contributed by atoms with E-state index in [2.05, 4.69) is 5.32 Å². The molecule has 0 aliphatic rings. The molecule has 0 saturated carbocycles. The van der Waals surface area contributed by atoms with Crippen LogP contribution in [0.4, 0.5) is 5.69 Å². The molecule has 5 nitrogen and oxygen atoms in total. The van der Waals surface area contributed by atoms with Gasteiger partial charge >= 0.3 is 0 Å². The zero-order chi connectivity index (χ0) is 16.8. The molecule has 1 aromatic heterocycles. The number of aliphatic hydroxyl groups is 1. The van der Waals surface area contributed by atoms with E-state index in [1.54, 1.807) is 36.4 Å². The molecule has 0 fully saturated rings. The molecule has 0 unspecified atom stereocenters. The first-order chi connectivity index (χ1) is 11.7. The molecule has 0 aliphatic heterocycles. The first kappa shape index (κ1) is 15.8. The molecule has 5 heteroatoms. The van der Waals surface area contributed by atoms with Gasteiger partial charge in [0.15, 0.2) is 6.61 Å². The van der Waals surface area contributed by atoms with Crippen molar-refractivity contribution in [1.29, 1.82) is 0 Å². The number of benzene rings is 2. The third-order valence-electron chi connectivity index (χ3n) is 3.36. The van der Waals surface area contributed by atoms with Crippen LogP contribution in [0.15, 0.2) is 71.1 Å². The second-order valence-electron chi connectivity index (χ2n) is 5.15. The summed E-state index contributed by atoms with van der Waals surface area (Å²) in [6.07, 6.45) is 0. The first-order valence-corrected chi connectivity index (χ1v) is 7.52. The maximum absolute atomic E-state index is 12.0. The van der Waals surface area contributed by atoms with Crippen LogP contribution in [-0.2, 0) is 11.4 Å². The Morgan fingerprint density at radius 3 is 2.62 bits per heavy atom. The number of carbonyl (C=O) groups is 1. The van der Waals surface area contributed by atoms with Gasteiger partial charge in [-0.2, -0.15) is 0 Å². The molecule has 0 saturated heterocycles. The van der Waals surface area contributed by atoms with E-state index in [0.29, 0.717) is 23.0 Å². The second-order valence-corrected chi connectivity index (χ2v) is 5.15. The Morgan fingerprint density at radius 2 is 1.88 bits per heavy atom. The summed E-state index contributed by atoms with van der Waals surface area (Å²) in [5, 5.41) is 11.8. The highest BCUT2D eigenvalue weighted by Gasteiger charge is 2.07. The maximum Gasteiger partial charge on any atom is 0.262 e. The Bertz CT molecular complexity index is 811. The topological polar surface area (TPSA) is 71.7 Å². The van der Waals surface area contributed by atoms with E-state index in [1.165, 1.54) is 0 Å². The fraction of sp³-hybridized carbons (Fsp3) is 0.105. The van der Waals surface area contributed by atoms with Crippen LogP contribution in [-0.4, -0.2) is 17.6 Å². The number of hydrogen-bond acceptors (Lipinski definition) is 4. The summed E-state index contributed by atoms with van der Waals surface area (Å²) < 4.78 is 10.9. The third kappa shape index (κ3) is 4.02. The average Bonchev–Trinajstić information content (AvgIpc) is 3.10. The van der Waals surface area contributed by atoms with Crippen molar-refractivity contribution in [2.75, 3.05) is 11.9 Å². The van der Waals surface area contributed by atoms with Crippen LogP contribution in [0, 0.1) is 0 Å². The van der Waals surface area contributed by atoms with Gasteiger partial charge < -0.3 is 19.6 Å². The zero-order valence-electron chi connectivity index (χ0n) is 12.9. The summed E-state index contributed by atoms with van der Waals surface area (Å²) in [6, 6.07) is 20.0. The highest BCUT2D eigenvalue weighted by molar-refractivity contribution is 5.92. The Balaban J connectivity index is 1.62. The number of furan rings is 1. The van der Waals surface area contributed by atoms with Crippen LogP contribution in [0.2, 0.25) is 0 Å². The van der Waals surface area contributed by atoms with Crippen LogP contribution in [0.1, 0.15) is 5.76 Å². The highest BCUT2D eigenvalue weighted by atomic mass is 16.5. The lowest BCUT2D eigenvalue weighted by Gasteiger charge is -2.08. The van der Waals surface area contributed by atoms with E-state index in [-0.39, 0.29) is 19.1 Å². The normalized spacial score (nSPS) is 10.4. The minimum Gasteiger partial charge on any atom is -0.484 e. The van der Waals surface area contributed by atoms with Gasteiger partial charge in [0.1, 0.15) is 23.9 Å². The van der Waals surface area contributed by atoms with Crippen LogP contribution in [0.3, 0.4) is 0 Å². The highest BCUT2D eigenvalue weighted by Crippen LogP contribution is 2.25. The van der Waals surface area contributed by atoms with Gasteiger partial charge in [-0.25, -0.2) is 0 Å². The number of para-hydroxylation sites is 1. The van der Waals surface area contributed by atoms with E-state index in [0.717, 1.165) is 5.56 Å². The molecular formula is C19H17NO4. The van der Waals surface area contributed by atoms with Crippen molar-refractivity contribution in [2.45, 2.75) is 6.61 Å². The molecule has 0 bridgehead atoms. The van der Waals surface area contributed by atoms with Gasteiger partial charge in [-0.05, 0) is 36.4 Å². The van der Waals surface area contributed by atoms with Gasteiger partial charge in [0.2, 0.25) is 0 Å². The number of nitrogens with one attached hydrogen (secondary N) is 1. The SMILES string of the molecule is O=C(COc1ccccc1)Nc1cccc(-c2ccc(CO)o2)c1. The van der Waals surface area contributed by atoms with Crippen molar-refractivity contribution in [3.8, 4) is 17.1 Å². The summed E-state index contributed by atoms with van der Waals surface area (Å²) in [4.78, 5) is 12.0. The van der Waals surface area contributed by atoms with Crippen LogP contribution in [0.25, 0.3) is 11.3 Å². The molecule has 122 valence electrons. The van der Waals surface area contributed by atoms with Crippen molar-refractivity contribution in [1.82, 2.24) is 0 Å².